The predicted octanol–water partition coefficient (Wildman–Crippen LogP) is 3.46. The van der Waals surface area contributed by atoms with Crippen LogP contribution in [0.25, 0.3) is 0 Å². The zero-order valence-corrected chi connectivity index (χ0v) is 15.8. The Balaban J connectivity index is 1.80. The van der Waals surface area contributed by atoms with Gasteiger partial charge < -0.3 is 9.84 Å². The number of carbonyl (C=O) groups is 2. The van der Waals surface area contributed by atoms with Gasteiger partial charge in [-0.3, -0.25) is 14.5 Å². The van der Waals surface area contributed by atoms with E-state index < -0.39 is 0 Å². The molecule has 140 valence electrons. The highest BCUT2D eigenvalue weighted by molar-refractivity contribution is 6.08. The van der Waals surface area contributed by atoms with Crippen LogP contribution < -0.4 is 4.74 Å². The minimum Gasteiger partial charge on any atom is -0.504 e. The maximum absolute atomic E-state index is 12.3. The van der Waals surface area contributed by atoms with E-state index in [2.05, 4.69) is 4.90 Å². The van der Waals surface area contributed by atoms with Crippen LogP contribution in [-0.4, -0.2) is 35.2 Å². The first-order valence-corrected chi connectivity index (χ1v) is 9.21. The van der Waals surface area contributed by atoms with Gasteiger partial charge in [-0.2, -0.15) is 0 Å². The number of fused-ring (bicyclic) bond motifs is 4. The predicted molar refractivity (Wildman–Crippen MR) is 102 cm³/mol. The molecule has 0 aliphatic carbocycles. The van der Waals surface area contributed by atoms with Crippen LogP contribution >= 0.6 is 0 Å². The van der Waals surface area contributed by atoms with Crippen molar-refractivity contribution in [2.24, 2.45) is 0 Å². The summed E-state index contributed by atoms with van der Waals surface area (Å²) in [5.74, 6) is 0.519. The molecule has 2 heterocycles. The largest absolute Gasteiger partial charge is 0.504 e. The minimum absolute atomic E-state index is 0.0599. The highest BCUT2D eigenvalue weighted by atomic mass is 16.5. The Hall–Kier alpha value is -2.66. The number of benzene rings is 2. The lowest BCUT2D eigenvalue weighted by molar-refractivity contribution is 0.0975. The number of hydrogen-bond donors (Lipinski definition) is 1. The Morgan fingerprint density at radius 1 is 1.15 bits per heavy atom. The van der Waals surface area contributed by atoms with Gasteiger partial charge in [0.1, 0.15) is 0 Å². The van der Waals surface area contributed by atoms with Crippen LogP contribution in [0.3, 0.4) is 0 Å². The second-order valence-electron chi connectivity index (χ2n) is 7.40. The zero-order chi connectivity index (χ0) is 19.3. The van der Waals surface area contributed by atoms with Crippen LogP contribution in [0.15, 0.2) is 24.3 Å². The number of rotatable bonds is 3. The molecule has 0 saturated carbocycles. The normalized spacial score (nSPS) is 18.3. The molecule has 1 atom stereocenters. The Morgan fingerprint density at radius 3 is 2.59 bits per heavy atom. The van der Waals surface area contributed by atoms with Gasteiger partial charge in [-0.05, 0) is 61.1 Å². The topological polar surface area (TPSA) is 66.8 Å². The van der Waals surface area contributed by atoms with Gasteiger partial charge in [0.25, 0.3) is 0 Å². The average molecular weight is 365 g/mol. The molecule has 0 radical (unpaired) electrons. The molecular formula is C22H23NO4. The van der Waals surface area contributed by atoms with E-state index in [4.69, 9.17) is 4.74 Å². The molecule has 0 spiro atoms. The van der Waals surface area contributed by atoms with E-state index in [0.717, 1.165) is 36.1 Å². The van der Waals surface area contributed by atoms with Crippen LogP contribution in [0.5, 0.6) is 11.5 Å². The van der Waals surface area contributed by atoms with Gasteiger partial charge in [-0.1, -0.05) is 12.1 Å². The summed E-state index contributed by atoms with van der Waals surface area (Å²) in [5, 5.41) is 10.2. The van der Waals surface area contributed by atoms with Gasteiger partial charge in [-0.15, -0.1) is 0 Å². The molecule has 0 aromatic heterocycles. The van der Waals surface area contributed by atoms with Crippen molar-refractivity contribution in [3.05, 3.63) is 57.6 Å². The number of aromatic hydroxyl groups is 1. The smallest absolute Gasteiger partial charge is 0.160 e. The van der Waals surface area contributed by atoms with Crippen molar-refractivity contribution in [1.29, 1.82) is 0 Å². The summed E-state index contributed by atoms with van der Waals surface area (Å²) < 4.78 is 5.25. The summed E-state index contributed by atoms with van der Waals surface area (Å²) in [5.41, 5.74) is 5.48. The van der Waals surface area contributed by atoms with Gasteiger partial charge in [0, 0.05) is 30.3 Å². The summed E-state index contributed by atoms with van der Waals surface area (Å²) in [6.07, 6.45) is 1.62. The summed E-state index contributed by atoms with van der Waals surface area (Å²) in [6.45, 7) is 4.55. The minimum atomic E-state index is -0.0777. The average Bonchev–Trinajstić information content (AvgIpc) is 2.64. The van der Waals surface area contributed by atoms with Crippen molar-refractivity contribution in [3.63, 3.8) is 0 Å². The Bertz CT molecular complexity index is 963. The second kappa shape index (κ2) is 6.50. The fourth-order valence-electron chi connectivity index (χ4n) is 4.53. The molecule has 2 aromatic carbocycles. The van der Waals surface area contributed by atoms with Crippen molar-refractivity contribution < 1.29 is 19.4 Å². The molecule has 27 heavy (non-hydrogen) atoms. The number of Topliss-reactive ketones (excluding diaryl/α,β-unsaturated/α-hetero) is 2. The zero-order valence-electron chi connectivity index (χ0n) is 15.8. The number of ketones is 2. The van der Waals surface area contributed by atoms with Crippen molar-refractivity contribution >= 4 is 11.6 Å². The molecule has 0 fully saturated rings. The standard InChI is InChI=1S/C22H23NO4/c1-12(24)16-5-4-14-8-19-17-10-20(26)21(27-3)9-15(17)6-7-23(19)11-18(14)22(16)13(2)25/h4-5,9-10,19,26H,6-8,11H2,1-3H3. The Morgan fingerprint density at radius 2 is 1.93 bits per heavy atom. The fourth-order valence-corrected chi connectivity index (χ4v) is 4.53. The number of carbonyl (C=O) groups excluding carboxylic acids is 2. The molecule has 5 nitrogen and oxygen atoms in total. The summed E-state index contributed by atoms with van der Waals surface area (Å²) >= 11 is 0. The number of methoxy groups -OCH3 is 1. The van der Waals surface area contributed by atoms with Crippen LogP contribution in [0.4, 0.5) is 0 Å². The number of phenols is 1. The maximum atomic E-state index is 12.3. The molecule has 0 saturated heterocycles. The second-order valence-corrected chi connectivity index (χ2v) is 7.40. The molecule has 0 bridgehead atoms. The van der Waals surface area contributed by atoms with Gasteiger partial charge in [0.15, 0.2) is 23.1 Å². The SMILES string of the molecule is COc1cc2c(cc1O)C1Cc3ccc(C(C)=O)c(C(C)=O)c3CN1CC2. The molecule has 5 heteroatoms. The van der Waals surface area contributed by atoms with Gasteiger partial charge in [-0.25, -0.2) is 0 Å². The van der Waals surface area contributed by atoms with E-state index >= 15 is 0 Å². The number of phenolic OH excluding ortho intramolecular Hbond substituents is 1. The van der Waals surface area contributed by atoms with Gasteiger partial charge in [0.05, 0.1) is 7.11 Å². The third-order valence-electron chi connectivity index (χ3n) is 5.82. The molecule has 2 aliphatic rings. The first kappa shape index (κ1) is 17.7. The van der Waals surface area contributed by atoms with E-state index in [-0.39, 0.29) is 23.4 Å². The number of ether oxygens (including phenoxy) is 1. The molecule has 4 rings (SSSR count). The third-order valence-corrected chi connectivity index (χ3v) is 5.82. The maximum Gasteiger partial charge on any atom is 0.160 e. The van der Waals surface area contributed by atoms with E-state index in [0.29, 0.717) is 23.4 Å². The van der Waals surface area contributed by atoms with Crippen LogP contribution in [0.2, 0.25) is 0 Å². The number of hydrogen-bond acceptors (Lipinski definition) is 5. The van der Waals surface area contributed by atoms with Crippen LogP contribution in [-0.2, 0) is 19.4 Å². The molecule has 0 amide bonds. The van der Waals surface area contributed by atoms with E-state index in [9.17, 15) is 14.7 Å². The Labute approximate surface area is 158 Å². The quantitative estimate of drug-likeness (QED) is 0.844. The van der Waals surface area contributed by atoms with Crippen LogP contribution in [0.1, 0.15) is 62.9 Å². The highest BCUT2D eigenvalue weighted by Crippen LogP contribution is 2.43. The first-order chi connectivity index (χ1) is 12.9. The Kier molecular flexibility index (Phi) is 4.27. The third kappa shape index (κ3) is 2.82. The van der Waals surface area contributed by atoms with Crippen molar-refractivity contribution in [2.75, 3.05) is 13.7 Å². The lowest BCUT2D eigenvalue weighted by Gasteiger charge is -2.42. The van der Waals surface area contributed by atoms with E-state index in [1.165, 1.54) is 19.4 Å². The summed E-state index contributed by atoms with van der Waals surface area (Å²) in [4.78, 5) is 26.6. The first-order valence-electron chi connectivity index (χ1n) is 9.21. The van der Waals surface area contributed by atoms with Crippen LogP contribution in [0, 0.1) is 0 Å². The lowest BCUT2D eigenvalue weighted by atomic mass is 9.81. The molecular weight excluding hydrogens is 342 g/mol. The van der Waals surface area contributed by atoms with Crippen molar-refractivity contribution in [1.82, 2.24) is 4.90 Å². The lowest BCUT2D eigenvalue weighted by Crippen LogP contribution is -2.40. The summed E-state index contributed by atoms with van der Waals surface area (Å²) in [7, 11) is 1.56. The monoisotopic (exact) mass is 365 g/mol. The molecule has 1 unspecified atom stereocenters. The van der Waals surface area contributed by atoms with Crippen molar-refractivity contribution in [2.45, 2.75) is 39.3 Å². The van der Waals surface area contributed by atoms with Crippen molar-refractivity contribution in [3.8, 4) is 11.5 Å². The number of nitrogens with zero attached hydrogens (tertiary/aromatic N) is 1. The molecule has 1 N–H and O–H groups in total. The summed E-state index contributed by atoms with van der Waals surface area (Å²) in [6, 6.07) is 7.65. The highest BCUT2D eigenvalue weighted by Gasteiger charge is 2.35. The van der Waals surface area contributed by atoms with E-state index in [1.54, 1.807) is 13.2 Å². The fraction of sp³-hybridized carbons (Fsp3) is 0.364. The van der Waals surface area contributed by atoms with Gasteiger partial charge in [0.2, 0.25) is 0 Å². The van der Waals surface area contributed by atoms with E-state index in [1.807, 2.05) is 18.2 Å². The molecule has 2 aliphatic heterocycles. The van der Waals surface area contributed by atoms with Gasteiger partial charge >= 0.3 is 0 Å². The molecule has 2 aromatic rings.